The maximum atomic E-state index is 11.6. The molecule has 3 rings (SSSR count). The Morgan fingerprint density at radius 2 is 2.12 bits per heavy atom. The predicted octanol–water partition coefficient (Wildman–Crippen LogP) is 0.840. The molecular formula is C18H22N4O2. The van der Waals surface area contributed by atoms with Crippen molar-refractivity contribution in [1.29, 1.82) is 0 Å². The predicted molar refractivity (Wildman–Crippen MR) is 92.8 cm³/mol. The van der Waals surface area contributed by atoms with E-state index >= 15 is 0 Å². The Morgan fingerprint density at radius 1 is 1.38 bits per heavy atom. The Labute approximate surface area is 141 Å². The quantitative estimate of drug-likeness (QED) is 0.652. The third-order valence-electron chi connectivity index (χ3n) is 4.48. The number of carbonyl (C=O) groups is 1. The number of hydrogen-bond acceptors (Lipinski definition) is 5. The molecule has 0 bridgehead atoms. The molecule has 0 fully saturated rings. The molecule has 2 aromatic rings. The molecule has 0 saturated carbocycles. The average molecular weight is 326 g/mol. The molecule has 6 heteroatoms. The molecule has 0 aliphatic carbocycles. The maximum absolute atomic E-state index is 11.6. The van der Waals surface area contributed by atoms with Crippen LogP contribution < -0.4 is 16.4 Å². The summed E-state index contributed by atoms with van der Waals surface area (Å²) < 4.78 is 0. The van der Waals surface area contributed by atoms with Gasteiger partial charge in [0.25, 0.3) is 5.91 Å². The first-order valence-corrected chi connectivity index (χ1v) is 8.04. The molecule has 1 aromatic carbocycles. The van der Waals surface area contributed by atoms with Crippen LogP contribution in [0.4, 0.5) is 5.82 Å². The molecule has 0 saturated heterocycles. The SMILES string of the molecule is CNc1ccc(C(N)=O)c(C[C@@H](O)[C@@H]2Cc3ccccc3CN2)n1. The average Bonchev–Trinajstić information content (AvgIpc) is 2.60. The fourth-order valence-corrected chi connectivity index (χ4v) is 3.11. The van der Waals surface area contributed by atoms with E-state index in [1.165, 1.54) is 11.1 Å². The highest BCUT2D eigenvalue weighted by atomic mass is 16.3. The van der Waals surface area contributed by atoms with Gasteiger partial charge in [0, 0.05) is 26.1 Å². The van der Waals surface area contributed by atoms with Crippen molar-refractivity contribution in [2.75, 3.05) is 12.4 Å². The Kier molecular flexibility index (Phi) is 4.78. The number of nitrogens with zero attached hydrogens (tertiary/aromatic N) is 1. The van der Waals surface area contributed by atoms with E-state index in [1.807, 2.05) is 12.1 Å². The zero-order valence-electron chi connectivity index (χ0n) is 13.6. The van der Waals surface area contributed by atoms with Crippen LogP contribution in [0, 0.1) is 0 Å². The summed E-state index contributed by atoms with van der Waals surface area (Å²) in [5.74, 6) is 0.110. The summed E-state index contributed by atoms with van der Waals surface area (Å²) in [6, 6.07) is 11.5. The van der Waals surface area contributed by atoms with Crippen LogP contribution in [0.5, 0.6) is 0 Å². The first-order chi connectivity index (χ1) is 11.6. The van der Waals surface area contributed by atoms with Gasteiger partial charge in [-0.25, -0.2) is 4.98 Å². The van der Waals surface area contributed by atoms with Crippen molar-refractivity contribution in [1.82, 2.24) is 10.3 Å². The van der Waals surface area contributed by atoms with Crippen LogP contribution in [-0.2, 0) is 19.4 Å². The lowest BCUT2D eigenvalue weighted by atomic mass is 9.91. The molecule has 126 valence electrons. The van der Waals surface area contributed by atoms with E-state index in [-0.39, 0.29) is 12.5 Å². The minimum Gasteiger partial charge on any atom is -0.391 e. The van der Waals surface area contributed by atoms with Crippen LogP contribution >= 0.6 is 0 Å². The molecule has 1 aliphatic rings. The zero-order valence-corrected chi connectivity index (χ0v) is 13.6. The highest BCUT2D eigenvalue weighted by Gasteiger charge is 2.26. The second-order valence-electron chi connectivity index (χ2n) is 6.04. The molecule has 1 aliphatic heterocycles. The molecule has 0 spiro atoms. The highest BCUT2D eigenvalue weighted by Crippen LogP contribution is 2.20. The second-order valence-corrected chi connectivity index (χ2v) is 6.04. The number of fused-ring (bicyclic) bond motifs is 1. The zero-order chi connectivity index (χ0) is 17.1. The molecule has 1 amide bonds. The van der Waals surface area contributed by atoms with Crippen molar-refractivity contribution in [2.24, 2.45) is 5.73 Å². The number of amides is 1. The van der Waals surface area contributed by atoms with Crippen molar-refractivity contribution in [3.8, 4) is 0 Å². The topological polar surface area (TPSA) is 100 Å². The van der Waals surface area contributed by atoms with Crippen LogP contribution in [0.2, 0.25) is 0 Å². The van der Waals surface area contributed by atoms with Crippen molar-refractivity contribution in [3.05, 3.63) is 58.8 Å². The summed E-state index contributed by atoms with van der Waals surface area (Å²) in [6.45, 7) is 0.727. The smallest absolute Gasteiger partial charge is 0.250 e. The van der Waals surface area contributed by atoms with Crippen LogP contribution in [0.25, 0.3) is 0 Å². The number of aromatic nitrogens is 1. The second kappa shape index (κ2) is 6.98. The summed E-state index contributed by atoms with van der Waals surface area (Å²) in [6.07, 6.45) is 0.360. The molecule has 5 N–H and O–H groups in total. The van der Waals surface area contributed by atoms with E-state index in [1.54, 1.807) is 19.2 Å². The Hall–Kier alpha value is -2.44. The molecule has 0 unspecified atom stereocenters. The molecule has 1 aromatic heterocycles. The van der Waals surface area contributed by atoms with Gasteiger partial charge in [0.1, 0.15) is 5.82 Å². The Balaban J connectivity index is 1.78. The number of carbonyl (C=O) groups excluding carboxylic acids is 1. The third-order valence-corrected chi connectivity index (χ3v) is 4.48. The number of hydrogen-bond donors (Lipinski definition) is 4. The van der Waals surface area contributed by atoms with Gasteiger partial charge in [0.15, 0.2) is 0 Å². The molecule has 0 radical (unpaired) electrons. The summed E-state index contributed by atoms with van der Waals surface area (Å²) in [4.78, 5) is 16.0. The number of benzene rings is 1. The lowest BCUT2D eigenvalue weighted by Crippen LogP contribution is -2.45. The van der Waals surface area contributed by atoms with Crippen molar-refractivity contribution < 1.29 is 9.90 Å². The van der Waals surface area contributed by atoms with E-state index in [0.29, 0.717) is 17.1 Å². The summed E-state index contributed by atoms with van der Waals surface area (Å²) in [5, 5.41) is 16.9. The van der Waals surface area contributed by atoms with Gasteiger partial charge >= 0.3 is 0 Å². The minimum absolute atomic E-state index is 0.0827. The fraction of sp³-hybridized carbons (Fsp3) is 0.333. The largest absolute Gasteiger partial charge is 0.391 e. The van der Waals surface area contributed by atoms with Gasteiger partial charge in [0.2, 0.25) is 0 Å². The van der Waals surface area contributed by atoms with Crippen LogP contribution in [0.1, 0.15) is 27.2 Å². The van der Waals surface area contributed by atoms with Gasteiger partial charge in [-0.1, -0.05) is 24.3 Å². The van der Waals surface area contributed by atoms with Crippen LogP contribution in [-0.4, -0.2) is 35.2 Å². The molecule has 6 nitrogen and oxygen atoms in total. The van der Waals surface area contributed by atoms with Gasteiger partial charge < -0.3 is 21.5 Å². The highest BCUT2D eigenvalue weighted by molar-refractivity contribution is 5.94. The summed E-state index contributed by atoms with van der Waals surface area (Å²) >= 11 is 0. The van der Waals surface area contributed by atoms with Crippen molar-refractivity contribution >= 4 is 11.7 Å². The van der Waals surface area contributed by atoms with Gasteiger partial charge in [-0.05, 0) is 29.7 Å². The number of primary amides is 1. The standard InChI is InChI=1S/C18H22N4O2/c1-20-17-7-6-13(18(19)24)14(22-17)9-16(23)15-8-11-4-2-3-5-12(11)10-21-15/h2-7,15-16,21,23H,8-10H2,1H3,(H2,19,24)(H,20,22)/t15-,16+/m0/s1. The first-order valence-electron chi connectivity index (χ1n) is 8.04. The lowest BCUT2D eigenvalue weighted by Gasteiger charge is -2.30. The number of anilines is 1. The van der Waals surface area contributed by atoms with E-state index in [0.717, 1.165) is 13.0 Å². The fourth-order valence-electron chi connectivity index (χ4n) is 3.11. The molecule has 24 heavy (non-hydrogen) atoms. The minimum atomic E-state index is -0.656. The summed E-state index contributed by atoms with van der Waals surface area (Å²) in [5.41, 5.74) is 8.80. The normalized spacial score (nSPS) is 17.8. The van der Waals surface area contributed by atoms with Crippen molar-refractivity contribution in [2.45, 2.75) is 31.5 Å². The molecular weight excluding hydrogens is 304 g/mol. The van der Waals surface area contributed by atoms with Crippen molar-refractivity contribution in [3.63, 3.8) is 0 Å². The van der Waals surface area contributed by atoms with Gasteiger partial charge in [-0.3, -0.25) is 4.79 Å². The number of nitrogens with one attached hydrogen (secondary N) is 2. The number of aliphatic hydroxyl groups is 1. The van der Waals surface area contributed by atoms with E-state index in [9.17, 15) is 9.90 Å². The van der Waals surface area contributed by atoms with E-state index < -0.39 is 12.0 Å². The Morgan fingerprint density at radius 3 is 2.83 bits per heavy atom. The van der Waals surface area contributed by atoms with Gasteiger partial charge in [-0.15, -0.1) is 0 Å². The Bertz CT molecular complexity index is 748. The third kappa shape index (κ3) is 3.39. The molecule has 2 atom stereocenters. The van der Waals surface area contributed by atoms with Gasteiger partial charge in [0.05, 0.1) is 17.4 Å². The number of nitrogens with two attached hydrogens (primary N) is 1. The van der Waals surface area contributed by atoms with E-state index in [2.05, 4.69) is 27.8 Å². The van der Waals surface area contributed by atoms with Gasteiger partial charge in [-0.2, -0.15) is 0 Å². The number of pyridine rings is 1. The molecule has 2 heterocycles. The first kappa shape index (κ1) is 16.4. The lowest BCUT2D eigenvalue weighted by molar-refractivity contribution is 0.0994. The monoisotopic (exact) mass is 326 g/mol. The maximum Gasteiger partial charge on any atom is 0.250 e. The number of rotatable bonds is 5. The van der Waals surface area contributed by atoms with Crippen LogP contribution in [0.15, 0.2) is 36.4 Å². The van der Waals surface area contributed by atoms with E-state index in [4.69, 9.17) is 5.73 Å². The van der Waals surface area contributed by atoms with Crippen LogP contribution in [0.3, 0.4) is 0 Å². The number of aliphatic hydroxyl groups excluding tert-OH is 1. The summed E-state index contributed by atoms with van der Waals surface area (Å²) in [7, 11) is 1.76.